The number of ether oxygens (including phenoxy) is 2. The number of carbonyl (C=O) groups excluding carboxylic acids is 2. The summed E-state index contributed by atoms with van der Waals surface area (Å²) in [4.78, 5) is 22.1. The van der Waals surface area contributed by atoms with Gasteiger partial charge in [-0.25, -0.2) is 0 Å². The summed E-state index contributed by atoms with van der Waals surface area (Å²) in [5.74, 6) is -1.44. The first-order valence-electron chi connectivity index (χ1n) is 4.60. The van der Waals surface area contributed by atoms with Gasteiger partial charge in [0.05, 0.1) is 18.8 Å². The molecule has 2 fully saturated rings. The molecule has 0 aromatic heterocycles. The van der Waals surface area contributed by atoms with Crippen molar-refractivity contribution in [2.75, 3.05) is 0 Å². The Morgan fingerprint density at radius 3 is 2.31 bits per heavy atom. The number of esters is 2. The van der Waals surface area contributed by atoms with Crippen LogP contribution < -0.4 is 0 Å². The summed E-state index contributed by atoms with van der Waals surface area (Å²) in [6, 6.07) is 0. The van der Waals surface area contributed by atoms with Crippen molar-refractivity contribution >= 4 is 11.9 Å². The van der Waals surface area contributed by atoms with Gasteiger partial charge in [0.15, 0.2) is 0 Å². The Labute approximate surface area is 76.2 Å². The van der Waals surface area contributed by atoms with E-state index < -0.39 is 5.79 Å². The lowest BCUT2D eigenvalue weighted by Gasteiger charge is -2.24. The summed E-state index contributed by atoms with van der Waals surface area (Å²) in [6.45, 7) is 1.98. The third-order valence-electron chi connectivity index (χ3n) is 2.62. The minimum atomic E-state index is -0.900. The van der Waals surface area contributed by atoms with Crippen molar-refractivity contribution in [2.24, 2.45) is 5.92 Å². The van der Waals surface area contributed by atoms with Crippen LogP contribution in [0.3, 0.4) is 0 Å². The van der Waals surface area contributed by atoms with E-state index in [1.165, 1.54) is 0 Å². The molecule has 0 bridgehead atoms. The van der Waals surface area contributed by atoms with E-state index in [0.717, 1.165) is 6.42 Å². The molecule has 2 saturated heterocycles. The van der Waals surface area contributed by atoms with Gasteiger partial charge in [0.2, 0.25) is 0 Å². The molecule has 0 unspecified atom stereocenters. The van der Waals surface area contributed by atoms with Crippen LogP contribution >= 0.6 is 0 Å². The lowest BCUT2D eigenvalue weighted by molar-refractivity contribution is -0.207. The molecule has 2 heterocycles. The van der Waals surface area contributed by atoms with Gasteiger partial charge < -0.3 is 9.47 Å². The molecule has 4 nitrogen and oxygen atoms in total. The summed E-state index contributed by atoms with van der Waals surface area (Å²) in [6.07, 6.45) is 2.11. The molecule has 0 atom stereocenters. The highest BCUT2D eigenvalue weighted by Gasteiger charge is 2.57. The third-order valence-corrected chi connectivity index (χ3v) is 2.62. The molecule has 0 spiro atoms. The number of fused-ring (bicyclic) bond motifs is 1. The summed E-state index contributed by atoms with van der Waals surface area (Å²) >= 11 is 0. The van der Waals surface area contributed by atoms with Crippen LogP contribution in [0.1, 0.15) is 32.6 Å². The van der Waals surface area contributed by atoms with Crippen molar-refractivity contribution in [3.05, 3.63) is 0 Å². The predicted octanol–water partition coefficient (Wildman–Crippen LogP) is 0.993. The molecule has 0 aromatic carbocycles. The largest absolute Gasteiger partial charge is 0.422 e. The van der Waals surface area contributed by atoms with E-state index in [1.807, 2.05) is 6.92 Å². The van der Waals surface area contributed by atoms with Crippen LogP contribution in [-0.4, -0.2) is 17.7 Å². The Balaban J connectivity index is 2.20. The third kappa shape index (κ3) is 1.20. The van der Waals surface area contributed by atoms with E-state index >= 15 is 0 Å². The number of rotatable bonds is 2. The molecule has 4 heteroatoms. The number of hydrogen-bond donors (Lipinski definition) is 0. The maximum absolute atomic E-state index is 11.0. The Morgan fingerprint density at radius 2 is 1.85 bits per heavy atom. The smallest absolute Gasteiger partial charge is 0.309 e. The quantitative estimate of drug-likeness (QED) is 0.600. The molecule has 2 rings (SSSR count). The highest BCUT2D eigenvalue weighted by atomic mass is 16.7. The van der Waals surface area contributed by atoms with Gasteiger partial charge in [0, 0.05) is 6.42 Å². The Bertz CT molecular complexity index is 238. The van der Waals surface area contributed by atoms with Gasteiger partial charge in [-0.15, -0.1) is 0 Å². The van der Waals surface area contributed by atoms with Crippen molar-refractivity contribution < 1.29 is 19.1 Å². The predicted molar refractivity (Wildman–Crippen MR) is 42.5 cm³/mol. The second kappa shape index (κ2) is 2.72. The summed E-state index contributed by atoms with van der Waals surface area (Å²) in [5, 5.41) is 0. The second-order valence-electron chi connectivity index (χ2n) is 3.62. The van der Waals surface area contributed by atoms with Gasteiger partial charge in [0.1, 0.15) is 0 Å². The Kier molecular flexibility index (Phi) is 1.78. The van der Waals surface area contributed by atoms with E-state index in [0.29, 0.717) is 19.3 Å². The minimum absolute atomic E-state index is 0.0487. The molecular weight excluding hydrogens is 172 g/mol. The van der Waals surface area contributed by atoms with Gasteiger partial charge in [-0.3, -0.25) is 9.59 Å². The first-order chi connectivity index (χ1) is 6.16. The zero-order valence-corrected chi connectivity index (χ0v) is 7.54. The fourth-order valence-corrected chi connectivity index (χ4v) is 2.10. The van der Waals surface area contributed by atoms with Crippen LogP contribution in [0.4, 0.5) is 0 Å². The summed E-state index contributed by atoms with van der Waals surface area (Å²) < 4.78 is 10.2. The standard InChI is InChI=1S/C9H12O4/c1-2-3-9-6(4-7(10)12-9)5-8(11)13-9/h6H,2-5H2,1H3. The SMILES string of the molecule is CCCC12OC(=O)CC1CC(=O)O2. The van der Waals surface area contributed by atoms with Crippen molar-refractivity contribution in [1.29, 1.82) is 0 Å². The Hall–Kier alpha value is -1.06. The molecule has 0 amide bonds. The van der Waals surface area contributed by atoms with Gasteiger partial charge >= 0.3 is 11.9 Å². The van der Waals surface area contributed by atoms with E-state index in [1.54, 1.807) is 0 Å². The number of hydrogen-bond acceptors (Lipinski definition) is 4. The van der Waals surface area contributed by atoms with Gasteiger partial charge in [0.25, 0.3) is 5.79 Å². The average molecular weight is 184 g/mol. The topological polar surface area (TPSA) is 52.6 Å². The minimum Gasteiger partial charge on any atom is -0.422 e. The van der Waals surface area contributed by atoms with E-state index in [9.17, 15) is 9.59 Å². The highest BCUT2D eigenvalue weighted by Crippen LogP contribution is 2.44. The average Bonchev–Trinajstić information content (AvgIpc) is 2.40. The van der Waals surface area contributed by atoms with Gasteiger partial charge in [-0.05, 0) is 6.42 Å². The molecule has 0 aliphatic carbocycles. The normalized spacial score (nSPS) is 37.2. The zero-order chi connectivity index (χ0) is 9.47. The first-order valence-corrected chi connectivity index (χ1v) is 4.60. The molecule has 2 aliphatic rings. The van der Waals surface area contributed by atoms with Crippen molar-refractivity contribution in [3.8, 4) is 0 Å². The summed E-state index contributed by atoms with van der Waals surface area (Å²) in [5.41, 5.74) is 0. The lowest BCUT2D eigenvalue weighted by atomic mass is 9.94. The van der Waals surface area contributed by atoms with E-state index in [2.05, 4.69) is 0 Å². The molecule has 13 heavy (non-hydrogen) atoms. The van der Waals surface area contributed by atoms with Crippen LogP contribution in [0, 0.1) is 5.92 Å². The zero-order valence-electron chi connectivity index (χ0n) is 7.54. The molecular formula is C9H12O4. The van der Waals surface area contributed by atoms with Gasteiger partial charge in [-0.1, -0.05) is 6.92 Å². The van der Waals surface area contributed by atoms with Crippen LogP contribution in [0.15, 0.2) is 0 Å². The van der Waals surface area contributed by atoms with Crippen LogP contribution in [0.2, 0.25) is 0 Å². The molecule has 2 aliphatic heterocycles. The maximum atomic E-state index is 11.0. The van der Waals surface area contributed by atoms with Crippen molar-refractivity contribution in [3.63, 3.8) is 0 Å². The van der Waals surface area contributed by atoms with Crippen LogP contribution in [0.25, 0.3) is 0 Å². The summed E-state index contributed by atoms with van der Waals surface area (Å²) in [7, 11) is 0. The monoisotopic (exact) mass is 184 g/mol. The van der Waals surface area contributed by atoms with E-state index in [-0.39, 0.29) is 17.9 Å². The van der Waals surface area contributed by atoms with Crippen molar-refractivity contribution in [2.45, 2.75) is 38.4 Å². The first kappa shape index (κ1) is 8.53. The van der Waals surface area contributed by atoms with Gasteiger partial charge in [-0.2, -0.15) is 0 Å². The molecule has 0 radical (unpaired) electrons. The Morgan fingerprint density at radius 1 is 1.31 bits per heavy atom. The molecule has 0 saturated carbocycles. The fraction of sp³-hybridized carbons (Fsp3) is 0.778. The maximum Gasteiger partial charge on any atom is 0.309 e. The number of carbonyl (C=O) groups is 2. The second-order valence-corrected chi connectivity index (χ2v) is 3.62. The molecule has 0 N–H and O–H groups in total. The fourth-order valence-electron chi connectivity index (χ4n) is 2.10. The van der Waals surface area contributed by atoms with E-state index in [4.69, 9.17) is 9.47 Å². The van der Waals surface area contributed by atoms with Crippen molar-refractivity contribution in [1.82, 2.24) is 0 Å². The lowest BCUT2D eigenvalue weighted by Crippen LogP contribution is -2.33. The molecule has 0 aromatic rings. The highest BCUT2D eigenvalue weighted by molar-refractivity contribution is 5.79. The van der Waals surface area contributed by atoms with Crippen LogP contribution in [0.5, 0.6) is 0 Å². The molecule has 72 valence electrons. The van der Waals surface area contributed by atoms with Crippen LogP contribution in [-0.2, 0) is 19.1 Å².